The monoisotopic (exact) mass is 229 g/mol. The maximum absolute atomic E-state index is 11.4. The predicted octanol–water partition coefficient (Wildman–Crippen LogP) is 2.60. The van der Waals surface area contributed by atoms with Gasteiger partial charge in [0.15, 0.2) is 0 Å². The summed E-state index contributed by atoms with van der Waals surface area (Å²) in [5.41, 5.74) is 0.309. The summed E-state index contributed by atoms with van der Waals surface area (Å²) in [4.78, 5) is 11.4. The van der Waals surface area contributed by atoms with Gasteiger partial charge in [-0.2, -0.15) is 0 Å². The van der Waals surface area contributed by atoms with Crippen LogP contribution in [0.5, 0.6) is 0 Å². The van der Waals surface area contributed by atoms with Crippen LogP contribution >= 0.6 is 0 Å². The minimum atomic E-state index is 0.0730. The highest BCUT2D eigenvalue weighted by Gasteiger charge is 2.13. The molecule has 0 aromatic rings. The molecule has 3 nitrogen and oxygen atoms in total. The molecule has 0 unspecified atom stereocenters. The summed E-state index contributed by atoms with van der Waals surface area (Å²) < 4.78 is 5.44. The first-order chi connectivity index (χ1) is 7.10. The van der Waals surface area contributed by atoms with Crippen LogP contribution in [-0.2, 0) is 9.53 Å². The Morgan fingerprint density at radius 3 is 2.06 bits per heavy atom. The van der Waals surface area contributed by atoms with Crippen LogP contribution in [0.15, 0.2) is 0 Å². The fraction of sp³-hybridized carbons (Fsp3) is 0.923. The molecule has 0 aromatic carbocycles. The van der Waals surface area contributed by atoms with Crippen LogP contribution in [0.1, 0.15) is 48.0 Å². The van der Waals surface area contributed by atoms with Crippen molar-refractivity contribution in [1.82, 2.24) is 5.32 Å². The van der Waals surface area contributed by atoms with Gasteiger partial charge in [0.25, 0.3) is 0 Å². The van der Waals surface area contributed by atoms with Crippen molar-refractivity contribution >= 4 is 5.91 Å². The standard InChI is InChI=1S/C13H27NO2/c1-12(2,3)9-14-11(15)7-8-16-10-13(4,5)6/h7-10H2,1-6H3,(H,14,15). The van der Waals surface area contributed by atoms with E-state index in [1.54, 1.807) is 0 Å². The fourth-order valence-electron chi connectivity index (χ4n) is 0.995. The van der Waals surface area contributed by atoms with E-state index in [9.17, 15) is 4.79 Å². The summed E-state index contributed by atoms with van der Waals surface area (Å²) in [6, 6.07) is 0. The van der Waals surface area contributed by atoms with Gasteiger partial charge < -0.3 is 10.1 Å². The summed E-state index contributed by atoms with van der Waals surface area (Å²) in [5.74, 6) is 0.0730. The van der Waals surface area contributed by atoms with Crippen LogP contribution in [-0.4, -0.2) is 25.7 Å². The van der Waals surface area contributed by atoms with Gasteiger partial charge in [0.1, 0.15) is 0 Å². The van der Waals surface area contributed by atoms with E-state index in [2.05, 4.69) is 46.9 Å². The molecule has 0 bridgehead atoms. The van der Waals surface area contributed by atoms with Gasteiger partial charge >= 0.3 is 0 Å². The average molecular weight is 229 g/mol. The van der Waals surface area contributed by atoms with Crippen molar-refractivity contribution in [2.24, 2.45) is 10.8 Å². The summed E-state index contributed by atoms with van der Waals surface area (Å²) in [6.45, 7) is 14.6. The van der Waals surface area contributed by atoms with Gasteiger partial charge in [-0.05, 0) is 10.8 Å². The minimum absolute atomic E-state index is 0.0730. The highest BCUT2D eigenvalue weighted by Crippen LogP contribution is 2.13. The second kappa shape index (κ2) is 6.24. The zero-order valence-electron chi connectivity index (χ0n) is 11.6. The molecule has 0 fully saturated rings. The Hall–Kier alpha value is -0.570. The molecule has 0 saturated carbocycles. The minimum Gasteiger partial charge on any atom is -0.380 e. The Kier molecular flexibility index (Phi) is 6.01. The first-order valence-electron chi connectivity index (χ1n) is 5.95. The Labute approximate surface area is 99.9 Å². The molecule has 0 atom stereocenters. The van der Waals surface area contributed by atoms with Gasteiger partial charge in [0, 0.05) is 13.0 Å². The molecule has 96 valence electrons. The molecule has 16 heavy (non-hydrogen) atoms. The summed E-state index contributed by atoms with van der Waals surface area (Å²) in [6.07, 6.45) is 0.451. The zero-order valence-corrected chi connectivity index (χ0v) is 11.6. The highest BCUT2D eigenvalue weighted by molar-refractivity contribution is 5.75. The molecule has 0 spiro atoms. The molecule has 1 N–H and O–H groups in total. The second-order valence-electron chi connectivity index (χ2n) is 6.70. The molecular weight excluding hydrogens is 202 g/mol. The van der Waals surface area contributed by atoms with Crippen molar-refractivity contribution in [3.05, 3.63) is 0 Å². The largest absolute Gasteiger partial charge is 0.380 e. The topological polar surface area (TPSA) is 38.3 Å². The summed E-state index contributed by atoms with van der Waals surface area (Å²) in [5, 5.41) is 2.90. The van der Waals surface area contributed by atoms with E-state index in [4.69, 9.17) is 4.74 Å². The Morgan fingerprint density at radius 1 is 1.06 bits per heavy atom. The first-order valence-corrected chi connectivity index (χ1v) is 5.95. The van der Waals surface area contributed by atoms with Gasteiger partial charge in [-0.1, -0.05) is 41.5 Å². The number of carbonyl (C=O) groups is 1. The number of amides is 1. The second-order valence-corrected chi connectivity index (χ2v) is 6.70. The molecule has 0 aliphatic carbocycles. The van der Waals surface area contributed by atoms with Crippen molar-refractivity contribution < 1.29 is 9.53 Å². The molecular formula is C13H27NO2. The quantitative estimate of drug-likeness (QED) is 0.736. The van der Waals surface area contributed by atoms with E-state index in [0.29, 0.717) is 26.2 Å². The lowest BCUT2D eigenvalue weighted by Gasteiger charge is -2.19. The predicted molar refractivity (Wildman–Crippen MR) is 67.4 cm³/mol. The number of ether oxygens (including phenoxy) is 1. The van der Waals surface area contributed by atoms with Crippen molar-refractivity contribution in [3.63, 3.8) is 0 Å². The normalized spacial score (nSPS) is 12.6. The zero-order chi connectivity index (χ0) is 12.8. The van der Waals surface area contributed by atoms with Gasteiger partial charge in [-0.25, -0.2) is 0 Å². The van der Waals surface area contributed by atoms with E-state index >= 15 is 0 Å². The lowest BCUT2D eigenvalue weighted by Crippen LogP contribution is -2.32. The molecule has 0 heterocycles. The highest BCUT2D eigenvalue weighted by atomic mass is 16.5. The molecule has 3 heteroatoms. The molecule has 0 aromatic heterocycles. The van der Waals surface area contributed by atoms with Crippen LogP contribution in [0.25, 0.3) is 0 Å². The number of nitrogens with one attached hydrogen (secondary N) is 1. The van der Waals surface area contributed by atoms with Gasteiger partial charge in [-0.3, -0.25) is 4.79 Å². The molecule has 0 saturated heterocycles. The first kappa shape index (κ1) is 15.4. The maximum Gasteiger partial charge on any atom is 0.222 e. The Bertz CT molecular complexity index is 211. The van der Waals surface area contributed by atoms with Crippen molar-refractivity contribution in [2.45, 2.75) is 48.0 Å². The van der Waals surface area contributed by atoms with E-state index in [0.717, 1.165) is 0 Å². The van der Waals surface area contributed by atoms with Crippen molar-refractivity contribution in [1.29, 1.82) is 0 Å². The average Bonchev–Trinajstić information content (AvgIpc) is 2.06. The van der Waals surface area contributed by atoms with E-state index in [1.807, 2.05) is 0 Å². The van der Waals surface area contributed by atoms with Crippen molar-refractivity contribution in [2.75, 3.05) is 19.8 Å². The van der Waals surface area contributed by atoms with Crippen LogP contribution in [0.3, 0.4) is 0 Å². The lowest BCUT2D eigenvalue weighted by molar-refractivity contribution is -0.122. The van der Waals surface area contributed by atoms with E-state index in [1.165, 1.54) is 0 Å². The fourth-order valence-corrected chi connectivity index (χ4v) is 0.995. The van der Waals surface area contributed by atoms with Crippen LogP contribution in [0, 0.1) is 10.8 Å². The van der Waals surface area contributed by atoms with Gasteiger partial charge in [-0.15, -0.1) is 0 Å². The van der Waals surface area contributed by atoms with Crippen LogP contribution in [0.2, 0.25) is 0 Å². The lowest BCUT2D eigenvalue weighted by atomic mass is 9.97. The van der Waals surface area contributed by atoms with Crippen LogP contribution in [0.4, 0.5) is 0 Å². The SMILES string of the molecule is CC(C)(C)CNC(=O)CCOCC(C)(C)C. The molecule has 0 radical (unpaired) electrons. The van der Waals surface area contributed by atoms with Gasteiger partial charge in [0.05, 0.1) is 13.2 Å². The number of rotatable bonds is 5. The third-order valence-corrected chi connectivity index (χ3v) is 1.82. The number of hydrogen-bond acceptors (Lipinski definition) is 2. The Balaban J connectivity index is 3.52. The maximum atomic E-state index is 11.4. The molecule has 0 aliphatic heterocycles. The summed E-state index contributed by atoms with van der Waals surface area (Å²) >= 11 is 0. The van der Waals surface area contributed by atoms with E-state index < -0.39 is 0 Å². The number of hydrogen-bond donors (Lipinski definition) is 1. The van der Waals surface area contributed by atoms with Gasteiger partial charge in [0.2, 0.25) is 5.91 Å². The molecule has 0 aliphatic rings. The molecule has 0 rings (SSSR count). The van der Waals surface area contributed by atoms with E-state index in [-0.39, 0.29) is 16.7 Å². The third kappa shape index (κ3) is 11.5. The van der Waals surface area contributed by atoms with Crippen molar-refractivity contribution in [3.8, 4) is 0 Å². The Morgan fingerprint density at radius 2 is 1.62 bits per heavy atom. The van der Waals surface area contributed by atoms with Crippen LogP contribution < -0.4 is 5.32 Å². The third-order valence-electron chi connectivity index (χ3n) is 1.82. The number of carbonyl (C=O) groups excluding carboxylic acids is 1. The smallest absolute Gasteiger partial charge is 0.222 e. The summed E-state index contributed by atoms with van der Waals surface area (Å²) in [7, 11) is 0. The molecule has 1 amide bonds.